The first-order valence-corrected chi connectivity index (χ1v) is 15.3. The van der Waals surface area contributed by atoms with E-state index in [1.54, 1.807) is 18.4 Å². The van der Waals surface area contributed by atoms with E-state index in [9.17, 15) is 24.9 Å². The van der Waals surface area contributed by atoms with Crippen molar-refractivity contribution in [1.29, 1.82) is 0 Å². The third-order valence-corrected chi connectivity index (χ3v) is 11.9. The van der Waals surface area contributed by atoms with Crippen LogP contribution in [0.3, 0.4) is 0 Å². The Morgan fingerprint density at radius 3 is 2.67 bits per heavy atom. The molecule has 0 radical (unpaired) electrons. The summed E-state index contributed by atoms with van der Waals surface area (Å²) in [6.07, 6.45) is 8.00. The van der Waals surface area contributed by atoms with Crippen LogP contribution < -0.4 is 5.43 Å². The van der Waals surface area contributed by atoms with Gasteiger partial charge in [0, 0.05) is 34.9 Å². The molecule has 0 bridgehead atoms. The smallest absolute Gasteiger partial charge is 0.331 e. The van der Waals surface area contributed by atoms with Gasteiger partial charge in [0.25, 0.3) is 5.91 Å². The topological polar surface area (TPSA) is 141 Å². The van der Waals surface area contributed by atoms with Crippen LogP contribution in [0.15, 0.2) is 53.1 Å². The maximum Gasteiger partial charge on any atom is 0.331 e. The lowest BCUT2D eigenvalue weighted by Gasteiger charge is -2.65. The molecule has 0 unspecified atom stereocenters. The van der Waals surface area contributed by atoms with E-state index in [1.807, 2.05) is 30.3 Å². The summed E-state index contributed by atoms with van der Waals surface area (Å²) in [4.78, 5) is 29.4. The third kappa shape index (κ3) is 3.93. The van der Waals surface area contributed by atoms with Crippen molar-refractivity contribution in [2.24, 2.45) is 33.7 Å². The predicted molar refractivity (Wildman–Crippen MR) is 155 cm³/mol. The summed E-state index contributed by atoms with van der Waals surface area (Å²) in [5.41, 5.74) is 1.22. The molecule has 2 heterocycles. The minimum absolute atomic E-state index is 0.0715. The van der Waals surface area contributed by atoms with Gasteiger partial charge in [-0.1, -0.05) is 31.2 Å². The number of nitrogens with one attached hydrogen (secondary N) is 1. The molecule has 0 saturated heterocycles. The third-order valence-electron chi connectivity index (χ3n) is 11.9. The fourth-order valence-corrected chi connectivity index (χ4v) is 9.82. The van der Waals surface area contributed by atoms with Crippen LogP contribution in [0.4, 0.5) is 0 Å². The number of benzene rings is 1. The second-order valence-electron chi connectivity index (χ2n) is 13.6. The fraction of sp³-hybridized carbons (Fsp3) is 0.576. The Kier molecular flexibility index (Phi) is 6.39. The number of pyridine rings is 1. The number of aliphatic hydroxyl groups is 3. The van der Waals surface area contributed by atoms with Crippen molar-refractivity contribution in [3.05, 3.63) is 53.7 Å². The van der Waals surface area contributed by atoms with Gasteiger partial charge in [0.15, 0.2) is 0 Å². The molecule has 9 heteroatoms. The number of amides is 1. The van der Waals surface area contributed by atoms with E-state index in [1.165, 1.54) is 0 Å². The molecule has 9 nitrogen and oxygen atoms in total. The number of hydrazone groups is 1. The van der Waals surface area contributed by atoms with Crippen molar-refractivity contribution >= 4 is 29.0 Å². The van der Waals surface area contributed by atoms with Crippen LogP contribution in [0, 0.1) is 28.6 Å². The van der Waals surface area contributed by atoms with Gasteiger partial charge in [0.1, 0.15) is 12.3 Å². The summed E-state index contributed by atoms with van der Waals surface area (Å²) in [5, 5.41) is 40.7. The highest BCUT2D eigenvalue weighted by Gasteiger charge is 2.71. The molecule has 2 aromatic rings. The van der Waals surface area contributed by atoms with Crippen LogP contribution in [-0.2, 0) is 9.53 Å². The molecular weight excluding hydrogens is 534 g/mol. The molecule has 8 atom stereocenters. The quantitative estimate of drug-likeness (QED) is 0.249. The number of carbonyl (C=O) groups excluding carboxylic acids is 2. The molecule has 1 aromatic carbocycles. The van der Waals surface area contributed by atoms with Gasteiger partial charge >= 0.3 is 5.97 Å². The number of fused-ring (bicyclic) bond motifs is 6. The van der Waals surface area contributed by atoms with Gasteiger partial charge < -0.3 is 20.1 Å². The number of hydrogen-bond acceptors (Lipinski definition) is 8. The number of carbonyl (C=O) groups is 2. The predicted octanol–water partition coefficient (Wildman–Crippen LogP) is 3.66. The molecule has 5 aliphatic rings. The molecule has 1 aromatic heterocycles. The summed E-state index contributed by atoms with van der Waals surface area (Å²) in [6.45, 7) is 2.46. The molecule has 42 heavy (non-hydrogen) atoms. The number of rotatable bonds is 4. The van der Waals surface area contributed by atoms with E-state index in [0.29, 0.717) is 38.7 Å². The maximum absolute atomic E-state index is 13.1. The highest BCUT2D eigenvalue weighted by molar-refractivity contribution is 5.95. The highest BCUT2D eigenvalue weighted by Crippen LogP contribution is 2.70. The van der Waals surface area contributed by atoms with Gasteiger partial charge in [0.05, 0.1) is 22.8 Å². The van der Waals surface area contributed by atoms with Gasteiger partial charge in [-0.25, -0.2) is 15.2 Å². The van der Waals surface area contributed by atoms with Crippen LogP contribution in [0.2, 0.25) is 0 Å². The monoisotopic (exact) mass is 573 g/mol. The number of para-hydroxylation sites is 1. The van der Waals surface area contributed by atoms with E-state index in [2.05, 4.69) is 22.4 Å². The molecule has 0 spiro atoms. The zero-order valence-electron chi connectivity index (χ0n) is 24.0. The van der Waals surface area contributed by atoms with Crippen LogP contribution in [-0.4, -0.2) is 62.3 Å². The number of aliphatic hydroxyl groups excluding tert-OH is 1. The van der Waals surface area contributed by atoms with Crippen molar-refractivity contribution in [3.8, 4) is 0 Å². The van der Waals surface area contributed by atoms with Crippen LogP contribution in [0.1, 0.15) is 75.2 Å². The Morgan fingerprint density at radius 2 is 1.86 bits per heavy atom. The Bertz CT molecular complexity index is 1510. The zero-order valence-corrected chi connectivity index (χ0v) is 24.0. The van der Waals surface area contributed by atoms with Crippen LogP contribution in [0.25, 0.3) is 10.9 Å². The summed E-state index contributed by atoms with van der Waals surface area (Å²) < 4.78 is 5.24. The van der Waals surface area contributed by atoms with Crippen molar-refractivity contribution in [2.45, 2.75) is 82.0 Å². The number of cyclic esters (lactones) is 1. The summed E-state index contributed by atoms with van der Waals surface area (Å²) >= 11 is 0. The molecular formula is C33H39N3O6. The van der Waals surface area contributed by atoms with Gasteiger partial charge in [-0.2, -0.15) is 5.10 Å². The minimum Gasteiger partial charge on any atom is -0.458 e. The number of hydrogen-bond donors (Lipinski definition) is 4. The fourth-order valence-electron chi connectivity index (χ4n) is 9.82. The molecule has 4 saturated carbocycles. The first-order valence-electron chi connectivity index (χ1n) is 15.3. The Morgan fingerprint density at radius 1 is 1.05 bits per heavy atom. The number of esters is 1. The van der Waals surface area contributed by atoms with Crippen molar-refractivity contribution in [1.82, 2.24) is 10.4 Å². The number of nitrogens with zero attached hydrogens (tertiary/aromatic N) is 2. The van der Waals surface area contributed by atoms with E-state index in [0.717, 1.165) is 35.7 Å². The second kappa shape index (κ2) is 9.69. The normalized spacial score (nSPS) is 41.1. The largest absolute Gasteiger partial charge is 0.458 e. The summed E-state index contributed by atoms with van der Waals surface area (Å²) in [5.74, 6) is -0.829. The Hall–Kier alpha value is -3.14. The highest BCUT2D eigenvalue weighted by atomic mass is 16.5. The van der Waals surface area contributed by atoms with E-state index in [-0.39, 0.29) is 35.8 Å². The first-order chi connectivity index (χ1) is 20.1. The summed E-state index contributed by atoms with van der Waals surface area (Å²) in [7, 11) is 0. The number of aromatic nitrogens is 1. The maximum atomic E-state index is 13.1. The van der Waals surface area contributed by atoms with Crippen molar-refractivity contribution < 1.29 is 29.6 Å². The van der Waals surface area contributed by atoms with E-state index < -0.39 is 34.0 Å². The second-order valence-corrected chi connectivity index (χ2v) is 13.6. The van der Waals surface area contributed by atoms with Gasteiger partial charge in [-0.15, -0.1) is 0 Å². The molecule has 7 rings (SSSR count). The van der Waals surface area contributed by atoms with Gasteiger partial charge in [-0.3, -0.25) is 4.79 Å². The molecule has 1 amide bonds. The Balaban J connectivity index is 1.19. The molecule has 4 aliphatic carbocycles. The zero-order chi connectivity index (χ0) is 29.3. The average molecular weight is 574 g/mol. The van der Waals surface area contributed by atoms with E-state index >= 15 is 0 Å². The van der Waals surface area contributed by atoms with Crippen molar-refractivity contribution in [2.75, 3.05) is 6.61 Å². The molecule has 1 aliphatic heterocycles. The first kappa shape index (κ1) is 27.7. The van der Waals surface area contributed by atoms with E-state index in [4.69, 9.17) is 4.74 Å². The average Bonchev–Trinajstić information content (AvgIpc) is 3.52. The lowest BCUT2D eigenvalue weighted by atomic mass is 9.41. The lowest BCUT2D eigenvalue weighted by Crippen LogP contribution is -2.68. The molecule has 4 fully saturated rings. The lowest BCUT2D eigenvalue weighted by molar-refractivity contribution is -0.237. The van der Waals surface area contributed by atoms with Crippen LogP contribution in [0.5, 0.6) is 0 Å². The molecule has 222 valence electrons. The standard InChI is InChI=1S/C33H39N3O6/c1-30-12-9-24-25(33(30,41)15-11-23(30)21-16-28(38)42-18-21)10-14-32(40)17-22(37)8-13-31(24,32)19-34-36-29(39)27-7-6-20-4-2-3-5-26(20)35-27/h2-7,16,19,22-25,37,40-41H,8-15,17-18H2,1H3,(H,36,39)/b34-19-/t22-,23-,24+,25-,30-,31+,32+,33-/m1/s1. The van der Waals surface area contributed by atoms with Gasteiger partial charge in [0.2, 0.25) is 0 Å². The SMILES string of the molecule is C[C@]12CC[C@H]3[C@@H](CC[C@]4(O)C[C@H](O)CC[C@]34/C=N\NC(=O)c3ccc4ccccc4n3)[C@]1(O)CC[C@@H]2C1=CC(=O)OC1. The van der Waals surface area contributed by atoms with Crippen LogP contribution >= 0.6 is 0 Å². The minimum atomic E-state index is -1.20. The number of ether oxygens (including phenoxy) is 1. The van der Waals surface area contributed by atoms with Crippen molar-refractivity contribution in [3.63, 3.8) is 0 Å². The summed E-state index contributed by atoms with van der Waals surface area (Å²) in [6, 6.07) is 11.1. The van der Waals surface area contributed by atoms with Gasteiger partial charge in [-0.05, 0) is 86.8 Å². The Labute approximate surface area is 245 Å². The molecule has 4 N–H and O–H groups in total.